The maximum Gasteiger partial charge on any atom is 0.295 e. The number of Topliss-reactive ketones (excluding diaryl/α,β-unsaturated/α-hetero) is 1. The molecule has 1 N–H and O–H groups in total. The molecule has 1 atom stereocenters. The van der Waals surface area contributed by atoms with Crippen LogP contribution in [0.15, 0.2) is 48.0 Å². The number of hydrogen-bond acceptors (Lipinski definition) is 5. The number of methoxy groups -OCH3 is 1. The van der Waals surface area contributed by atoms with Gasteiger partial charge in [-0.1, -0.05) is 85.7 Å². The standard InChI is InChI=1S/C32H44N2O4/c1-10-33(11-2)18-19-34-27(21-12-14-22(15-13-21)31(3,4)5)26(29(36)30(34)37)28(35)24-20-23(32(6,7)8)16-17-25(24)38-9/h12-17,20,27,35H,10-11,18-19H2,1-9H3/b28-26+. The molecule has 1 unspecified atom stereocenters. The minimum atomic E-state index is -0.692. The van der Waals surface area contributed by atoms with Crippen LogP contribution in [-0.2, 0) is 20.4 Å². The van der Waals surface area contributed by atoms with Gasteiger partial charge in [0, 0.05) is 13.1 Å². The molecule has 0 bridgehead atoms. The fourth-order valence-electron chi connectivity index (χ4n) is 4.92. The number of ether oxygens (including phenoxy) is 1. The number of aliphatic hydroxyl groups excluding tert-OH is 1. The Bertz CT molecular complexity index is 1200. The van der Waals surface area contributed by atoms with Gasteiger partial charge in [-0.15, -0.1) is 0 Å². The molecular weight excluding hydrogens is 476 g/mol. The molecule has 1 amide bonds. The second-order valence-electron chi connectivity index (χ2n) is 12.1. The molecule has 1 saturated heterocycles. The smallest absolute Gasteiger partial charge is 0.295 e. The number of amides is 1. The fraction of sp³-hybridized carbons (Fsp3) is 0.500. The van der Waals surface area contributed by atoms with Gasteiger partial charge in [-0.3, -0.25) is 9.59 Å². The van der Waals surface area contributed by atoms with E-state index in [9.17, 15) is 14.7 Å². The lowest BCUT2D eigenvalue weighted by Crippen LogP contribution is -2.38. The molecule has 0 spiro atoms. The molecule has 6 heteroatoms. The number of likely N-dealkylation sites (tertiary alicyclic amines) is 1. The summed E-state index contributed by atoms with van der Waals surface area (Å²) in [6, 6.07) is 13.0. The molecule has 1 fully saturated rings. The van der Waals surface area contributed by atoms with Gasteiger partial charge in [0.1, 0.15) is 11.5 Å². The Morgan fingerprint density at radius 2 is 1.47 bits per heavy atom. The predicted molar refractivity (Wildman–Crippen MR) is 154 cm³/mol. The quantitative estimate of drug-likeness (QED) is 0.261. The van der Waals surface area contributed by atoms with Crippen LogP contribution in [0.5, 0.6) is 5.75 Å². The number of benzene rings is 2. The zero-order valence-corrected chi connectivity index (χ0v) is 24.5. The van der Waals surface area contributed by atoms with Gasteiger partial charge >= 0.3 is 0 Å². The summed E-state index contributed by atoms with van der Waals surface area (Å²) < 4.78 is 5.57. The van der Waals surface area contributed by atoms with E-state index in [1.165, 1.54) is 7.11 Å². The van der Waals surface area contributed by atoms with E-state index in [0.717, 1.165) is 29.8 Å². The SMILES string of the molecule is CCN(CC)CCN1C(=O)C(=O)/C(=C(/O)c2cc(C(C)(C)C)ccc2OC)C1c1ccc(C(C)(C)C)cc1. The topological polar surface area (TPSA) is 70.1 Å². The predicted octanol–water partition coefficient (Wildman–Crippen LogP) is 6.05. The van der Waals surface area contributed by atoms with Crippen LogP contribution >= 0.6 is 0 Å². The first kappa shape index (κ1) is 29.4. The Morgan fingerprint density at radius 3 is 1.97 bits per heavy atom. The van der Waals surface area contributed by atoms with E-state index in [1.807, 2.05) is 36.4 Å². The maximum atomic E-state index is 13.5. The fourth-order valence-corrected chi connectivity index (χ4v) is 4.92. The second kappa shape index (κ2) is 11.3. The lowest BCUT2D eigenvalue weighted by atomic mass is 9.84. The molecule has 0 saturated carbocycles. The van der Waals surface area contributed by atoms with Crippen LogP contribution in [0.3, 0.4) is 0 Å². The molecule has 206 valence electrons. The highest BCUT2D eigenvalue weighted by Gasteiger charge is 2.46. The molecule has 1 aliphatic heterocycles. The highest BCUT2D eigenvalue weighted by atomic mass is 16.5. The summed E-state index contributed by atoms with van der Waals surface area (Å²) in [6.07, 6.45) is 0. The first-order valence-corrected chi connectivity index (χ1v) is 13.5. The number of rotatable bonds is 8. The van der Waals surface area contributed by atoms with Gasteiger partial charge in [-0.05, 0) is 52.7 Å². The number of nitrogens with zero attached hydrogens (tertiary/aromatic N) is 2. The molecular formula is C32H44N2O4. The Hall–Kier alpha value is -3.12. The van der Waals surface area contributed by atoms with E-state index in [-0.39, 0.29) is 22.2 Å². The maximum absolute atomic E-state index is 13.5. The summed E-state index contributed by atoms with van der Waals surface area (Å²) >= 11 is 0. The molecule has 6 nitrogen and oxygen atoms in total. The molecule has 0 radical (unpaired) electrons. The van der Waals surface area contributed by atoms with Crippen LogP contribution in [0.25, 0.3) is 5.76 Å². The third-order valence-corrected chi connectivity index (χ3v) is 7.50. The molecule has 38 heavy (non-hydrogen) atoms. The Balaban J connectivity index is 2.22. The molecule has 1 aliphatic rings. The number of likely N-dealkylation sites (N-methyl/N-ethyl adjacent to an activating group) is 1. The van der Waals surface area contributed by atoms with Gasteiger partial charge in [0.2, 0.25) is 0 Å². The van der Waals surface area contributed by atoms with E-state index in [2.05, 4.69) is 60.3 Å². The average Bonchev–Trinajstić information content (AvgIpc) is 3.12. The zero-order valence-electron chi connectivity index (χ0n) is 24.5. The average molecular weight is 521 g/mol. The van der Waals surface area contributed by atoms with Gasteiger partial charge in [-0.2, -0.15) is 0 Å². The Morgan fingerprint density at radius 1 is 0.921 bits per heavy atom. The van der Waals surface area contributed by atoms with Crippen LogP contribution in [0, 0.1) is 0 Å². The van der Waals surface area contributed by atoms with Crippen molar-refractivity contribution >= 4 is 17.4 Å². The van der Waals surface area contributed by atoms with Gasteiger partial charge < -0.3 is 19.6 Å². The number of carbonyl (C=O) groups excluding carboxylic acids is 2. The highest BCUT2D eigenvalue weighted by molar-refractivity contribution is 6.46. The molecule has 1 heterocycles. The van der Waals surface area contributed by atoms with Crippen molar-refractivity contribution in [1.82, 2.24) is 9.80 Å². The third-order valence-electron chi connectivity index (χ3n) is 7.50. The van der Waals surface area contributed by atoms with Crippen molar-refractivity contribution in [3.63, 3.8) is 0 Å². The van der Waals surface area contributed by atoms with E-state index >= 15 is 0 Å². The van der Waals surface area contributed by atoms with Crippen molar-refractivity contribution in [3.05, 3.63) is 70.3 Å². The van der Waals surface area contributed by atoms with Crippen molar-refractivity contribution in [3.8, 4) is 5.75 Å². The van der Waals surface area contributed by atoms with E-state index in [1.54, 1.807) is 11.0 Å². The zero-order chi connectivity index (χ0) is 28.4. The van der Waals surface area contributed by atoms with Gasteiger partial charge in [-0.25, -0.2) is 0 Å². The largest absolute Gasteiger partial charge is 0.507 e. The summed E-state index contributed by atoms with van der Waals surface area (Å²) in [7, 11) is 1.54. The van der Waals surface area contributed by atoms with E-state index in [4.69, 9.17) is 4.74 Å². The van der Waals surface area contributed by atoms with Gasteiger partial charge in [0.05, 0.1) is 24.3 Å². The number of hydrogen-bond donors (Lipinski definition) is 1. The number of carbonyl (C=O) groups is 2. The molecule has 0 aliphatic carbocycles. The molecule has 2 aromatic rings. The van der Waals surface area contributed by atoms with Crippen LogP contribution in [-0.4, -0.2) is 59.9 Å². The van der Waals surface area contributed by atoms with Crippen molar-refractivity contribution in [2.75, 3.05) is 33.3 Å². The lowest BCUT2D eigenvalue weighted by Gasteiger charge is -2.29. The Kier molecular flexibility index (Phi) is 8.77. The first-order valence-electron chi connectivity index (χ1n) is 13.5. The van der Waals surface area contributed by atoms with Crippen molar-refractivity contribution in [1.29, 1.82) is 0 Å². The number of aliphatic hydroxyl groups is 1. The number of ketones is 1. The highest BCUT2D eigenvalue weighted by Crippen LogP contribution is 2.42. The van der Waals surface area contributed by atoms with Crippen LogP contribution in [0.4, 0.5) is 0 Å². The van der Waals surface area contributed by atoms with Gasteiger partial charge in [0.25, 0.3) is 11.7 Å². The van der Waals surface area contributed by atoms with Crippen LogP contribution in [0.1, 0.15) is 83.7 Å². The van der Waals surface area contributed by atoms with Crippen molar-refractivity contribution in [2.24, 2.45) is 0 Å². The summed E-state index contributed by atoms with van der Waals surface area (Å²) in [4.78, 5) is 30.8. The van der Waals surface area contributed by atoms with E-state index < -0.39 is 17.7 Å². The summed E-state index contributed by atoms with van der Waals surface area (Å²) in [6.45, 7) is 19.6. The van der Waals surface area contributed by atoms with Crippen molar-refractivity contribution in [2.45, 2.75) is 72.3 Å². The Labute approximate surface area is 228 Å². The van der Waals surface area contributed by atoms with Crippen LogP contribution in [0.2, 0.25) is 0 Å². The molecule has 2 aromatic carbocycles. The monoisotopic (exact) mass is 520 g/mol. The summed E-state index contributed by atoms with van der Waals surface area (Å²) in [5.74, 6) is -1.02. The minimum absolute atomic E-state index is 0.0378. The second-order valence-corrected chi connectivity index (χ2v) is 12.1. The minimum Gasteiger partial charge on any atom is -0.507 e. The summed E-state index contributed by atoms with van der Waals surface area (Å²) in [5, 5.41) is 11.7. The van der Waals surface area contributed by atoms with E-state index in [0.29, 0.717) is 24.4 Å². The van der Waals surface area contributed by atoms with Crippen molar-refractivity contribution < 1.29 is 19.4 Å². The van der Waals surface area contributed by atoms with Gasteiger partial charge in [0.15, 0.2) is 0 Å². The summed E-state index contributed by atoms with van der Waals surface area (Å²) in [5.41, 5.74) is 3.23. The molecule has 3 rings (SSSR count). The first-order chi connectivity index (χ1) is 17.7. The molecule has 0 aromatic heterocycles. The van der Waals surface area contributed by atoms with Crippen LogP contribution < -0.4 is 4.74 Å². The third kappa shape index (κ3) is 5.96. The lowest BCUT2D eigenvalue weighted by molar-refractivity contribution is -0.140. The normalized spacial score (nSPS) is 17.9.